The van der Waals surface area contributed by atoms with Gasteiger partial charge < -0.3 is 10.0 Å². The van der Waals surface area contributed by atoms with Gasteiger partial charge in [0, 0.05) is 36.4 Å². The van der Waals surface area contributed by atoms with Crippen LogP contribution in [-0.4, -0.2) is 29.9 Å². The van der Waals surface area contributed by atoms with E-state index in [-0.39, 0.29) is 12.5 Å². The topological polar surface area (TPSA) is 40.5 Å². The van der Waals surface area contributed by atoms with Crippen LogP contribution in [0.4, 0.5) is 5.69 Å². The van der Waals surface area contributed by atoms with Gasteiger partial charge in [0.1, 0.15) is 0 Å². The Morgan fingerprint density at radius 3 is 3.06 bits per heavy atom. The number of aliphatic hydroxyl groups excluding tert-OH is 1. The van der Waals surface area contributed by atoms with Crippen molar-refractivity contribution in [2.75, 3.05) is 23.8 Å². The molecule has 0 bridgehead atoms. The summed E-state index contributed by atoms with van der Waals surface area (Å²) in [6, 6.07) is 6.31. The molecule has 98 valence electrons. The first-order valence-corrected chi connectivity index (χ1v) is 7.35. The minimum atomic E-state index is 0.122. The Labute approximate surface area is 112 Å². The number of rotatable bonds is 4. The maximum atomic E-state index is 11.6. The van der Waals surface area contributed by atoms with Gasteiger partial charge in [-0.25, -0.2) is 0 Å². The first-order chi connectivity index (χ1) is 8.72. The molecule has 0 aromatic heterocycles. The molecule has 4 heteroatoms. The lowest BCUT2D eigenvalue weighted by Crippen LogP contribution is -2.33. The molecule has 2 rings (SSSR count). The number of fused-ring (bicyclic) bond motifs is 1. The van der Waals surface area contributed by atoms with Crippen LogP contribution < -0.4 is 4.90 Å². The van der Waals surface area contributed by atoms with E-state index < -0.39 is 0 Å². The van der Waals surface area contributed by atoms with Crippen LogP contribution in [0.2, 0.25) is 0 Å². The second-order valence-electron chi connectivity index (χ2n) is 4.49. The minimum Gasteiger partial charge on any atom is -0.396 e. The molecule has 0 saturated heterocycles. The first-order valence-electron chi connectivity index (χ1n) is 6.37. The van der Waals surface area contributed by atoms with Gasteiger partial charge in [-0.2, -0.15) is 0 Å². The maximum absolute atomic E-state index is 11.6. The van der Waals surface area contributed by atoms with Crippen LogP contribution in [0.25, 0.3) is 0 Å². The third-order valence-electron chi connectivity index (χ3n) is 3.12. The number of hydrogen-bond acceptors (Lipinski definition) is 3. The molecule has 3 nitrogen and oxygen atoms in total. The Balaban J connectivity index is 2.14. The zero-order valence-electron chi connectivity index (χ0n) is 10.7. The average molecular weight is 265 g/mol. The molecule has 0 atom stereocenters. The summed E-state index contributed by atoms with van der Waals surface area (Å²) in [4.78, 5) is 14.6. The van der Waals surface area contributed by atoms with E-state index in [2.05, 4.69) is 18.2 Å². The molecule has 1 aromatic carbocycles. The monoisotopic (exact) mass is 265 g/mol. The van der Waals surface area contributed by atoms with Crippen LogP contribution in [0.1, 0.15) is 25.3 Å². The molecule has 18 heavy (non-hydrogen) atoms. The van der Waals surface area contributed by atoms with Crippen molar-refractivity contribution < 1.29 is 9.90 Å². The summed E-state index contributed by atoms with van der Waals surface area (Å²) < 4.78 is 0. The fraction of sp³-hybridized carbons (Fsp3) is 0.500. The number of carbonyl (C=O) groups is 1. The highest BCUT2D eigenvalue weighted by Crippen LogP contribution is 2.31. The summed E-state index contributed by atoms with van der Waals surface area (Å²) in [6.45, 7) is 2.70. The highest BCUT2D eigenvalue weighted by molar-refractivity contribution is 7.99. The number of aliphatic hydroxyl groups is 1. The predicted octanol–water partition coefficient (Wildman–Crippen LogP) is 2.46. The van der Waals surface area contributed by atoms with Crippen LogP contribution in [0.5, 0.6) is 0 Å². The zero-order chi connectivity index (χ0) is 13.0. The van der Waals surface area contributed by atoms with Gasteiger partial charge in [0.15, 0.2) is 0 Å². The number of amides is 1. The van der Waals surface area contributed by atoms with Crippen molar-refractivity contribution in [3.05, 3.63) is 23.8 Å². The number of carbonyl (C=O) groups excluding carboxylic acids is 1. The lowest BCUT2D eigenvalue weighted by molar-refractivity contribution is -0.116. The molecule has 0 saturated carbocycles. The van der Waals surface area contributed by atoms with Crippen molar-refractivity contribution in [2.45, 2.75) is 31.1 Å². The fourth-order valence-electron chi connectivity index (χ4n) is 2.24. The molecular formula is C14H19NO2S. The van der Waals surface area contributed by atoms with Crippen LogP contribution >= 0.6 is 11.8 Å². The molecule has 0 spiro atoms. The Morgan fingerprint density at radius 2 is 2.33 bits per heavy atom. The highest BCUT2D eigenvalue weighted by Gasteiger charge is 2.19. The standard InChI is InChI=1S/C14H19NO2S/c1-11(17)15-7-2-4-12-10-13(5-6-14(12)15)18-9-3-8-16/h5-6,10,16H,2-4,7-9H2,1H3. The Morgan fingerprint density at radius 1 is 1.50 bits per heavy atom. The fourth-order valence-corrected chi connectivity index (χ4v) is 3.14. The normalized spacial score (nSPS) is 14.4. The number of thioether (sulfide) groups is 1. The summed E-state index contributed by atoms with van der Waals surface area (Å²) >= 11 is 1.76. The molecule has 1 aliphatic heterocycles. The molecule has 1 aliphatic rings. The van der Waals surface area contributed by atoms with Gasteiger partial charge in [-0.1, -0.05) is 0 Å². The van der Waals surface area contributed by atoms with E-state index in [9.17, 15) is 4.79 Å². The van der Waals surface area contributed by atoms with Crippen molar-refractivity contribution in [3.63, 3.8) is 0 Å². The molecule has 1 amide bonds. The van der Waals surface area contributed by atoms with Crippen molar-refractivity contribution in [1.82, 2.24) is 0 Å². The molecule has 0 radical (unpaired) electrons. The third kappa shape index (κ3) is 3.06. The highest BCUT2D eigenvalue weighted by atomic mass is 32.2. The summed E-state index contributed by atoms with van der Waals surface area (Å²) in [6.07, 6.45) is 2.91. The lowest BCUT2D eigenvalue weighted by Gasteiger charge is -2.28. The molecule has 1 N–H and O–H groups in total. The number of aryl methyl sites for hydroxylation is 1. The molecule has 0 aliphatic carbocycles. The number of anilines is 1. The van der Waals surface area contributed by atoms with Gasteiger partial charge in [-0.05, 0) is 43.0 Å². The summed E-state index contributed by atoms with van der Waals surface area (Å²) in [7, 11) is 0. The molecule has 1 aromatic rings. The number of nitrogens with zero attached hydrogens (tertiary/aromatic N) is 1. The van der Waals surface area contributed by atoms with Crippen molar-refractivity contribution in [1.29, 1.82) is 0 Å². The van der Waals surface area contributed by atoms with Crippen LogP contribution in [0.15, 0.2) is 23.1 Å². The Bertz CT molecular complexity index is 434. The van der Waals surface area contributed by atoms with E-state index in [1.165, 1.54) is 10.5 Å². The molecular weight excluding hydrogens is 246 g/mol. The van der Waals surface area contributed by atoms with E-state index in [0.29, 0.717) is 0 Å². The van der Waals surface area contributed by atoms with Gasteiger partial charge >= 0.3 is 0 Å². The quantitative estimate of drug-likeness (QED) is 0.671. The third-order valence-corrected chi connectivity index (χ3v) is 4.20. The largest absolute Gasteiger partial charge is 0.396 e. The molecule has 0 unspecified atom stereocenters. The van der Waals surface area contributed by atoms with Crippen LogP contribution in [0, 0.1) is 0 Å². The van der Waals surface area contributed by atoms with Gasteiger partial charge in [0.2, 0.25) is 5.91 Å². The van der Waals surface area contributed by atoms with Crippen LogP contribution in [-0.2, 0) is 11.2 Å². The molecule has 0 fully saturated rings. The van der Waals surface area contributed by atoms with E-state index in [4.69, 9.17) is 5.11 Å². The number of benzene rings is 1. The lowest BCUT2D eigenvalue weighted by atomic mass is 10.0. The van der Waals surface area contributed by atoms with E-state index >= 15 is 0 Å². The summed E-state index contributed by atoms with van der Waals surface area (Å²) in [5.74, 6) is 1.06. The summed E-state index contributed by atoms with van der Waals surface area (Å²) in [5, 5.41) is 8.77. The smallest absolute Gasteiger partial charge is 0.223 e. The van der Waals surface area contributed by atoms with Crippen molar-refractivity contribution >= 4 is 23.4 Å². The maximum Gasteiger partial charge on any atom is 0.223 e. The first kappa shape index (κ1) is 13.4. The van der Waals surface area contributed by atoms with Crippen LogP contribution in [0.3, 0.4) is 0 Å². The second kappa shape index (κ2) is 6.25. The Kier molecular flexibility index (Phi) is 4.66. The second-order valence-corrected chi connectivity index (χ2v) is 5.66. The minimum absolute atomic E-state index is 0.122. The summed E-state index contributed by atoms with van der Waals surface area (Å²) in [5.41, 5.74) is 2.34. The van der Waals surface area contributed by atoms with Gasteiger partial charge in [0.25, 0.3) is 0 Å². The Hall–Kier alpha value is -1.00. The number of hydrogen-bond donors (Lipinski definition) is 1. The predicted molar refractivity (Wildman–Crippen MR) is 75.2 cm³/mol. The van der Waals surface area contributed by atoms with Crippen molar-refractivity contribution in [3.8, 4) is 0 Å². The van der Waals surface area contributed by atoms with E-state index in [1.807, 2.05) is 4.90 Å². The molecule has 1 heterocycles. The SMILES string of the molecule is CC(=O)N1CCCc2cc(SCCCO)ccc21. The van der Waals surface area contributed by atoms with Gasteiger partial charge in [-0.3, -0.25) is 4.79 Å². The average Bonchev–Trinajstić information content (AvgIpc) is 2.38. The van der Waals surface area contributed by atoms with E-state index in [1.54, 1.807) is 18.7 Å². The van der Waals surface area contributed by atoms with Gasteiger partial charge in [-0.15, -0.1) is 11.8 Å². The van der Waals surface area contributed by atoms with Crippen molar-refractivity contribution in [2.24, 2.45) is 0 Å². The van der Waals surface area contributed by atoms with Gasteiger partial charge in [0.05, 0.1) is 0 Å². The van der Waals surface area contributed by atoms with E-state index in [0.717, 1.165) is 37.2 Å². The zero-order valence-corrected chi connectivity index (χ0v) is 11.5.